The molecule has 0 saturated heterocycles. The fourth-order valence-corrected chi connectivity index (χ4v) is 3.79. The lowest BCUT2D eigenvalue weighted by Crippen LogP contribution is -2.36. The van der Waals surface area contributed by atoms with E-state index in [2.05, 4.69) is 10.2 Å². The van der Waals surface area contributed by atoms with Crippen LogP contribution in [0.2, 0.25) is 0 Å². The van der Waals surface area contributed by atoms with E-state index in [1.807, 2.05) is 4.57 Å². The SMILES string of the molecule is N[C@@H](CC(=O)N1CCCn2c(nnc2-c2ccc(F)cc2)C1)Cc1cc(F)ccc1F. The highest BCUT2D eigenvalue weighted by Gasteiger charge is 2.24. The van der Waals surface area contributed by atoms with Gasteiger partial charge in [0.1, 0.15) is 17.5 Å². The number of hydrogen-bond donors (Lipinski definition) is 1. The highest BCUT2D eigenvalue weighted by Crippen LogP contribution is 2.22. The van der Waals surface area contributed by atoms with Crippen molar-refractivity contribution in [2.45, 2.75) is 38.4 Å². The van der Waals surface area contributed by atoms with Gasteiger partial charge in [-0.15, -0.1) is 10.2 Å². The van der Waals surface area contributed by atoms with E-state index < -0.39 is 17.7 Å². The Morgan fingerprint density at radius 1 is 1.03 bits per heavy atom. The van der Waals surface area contributed by atoms with E-state index in [-0.39, 0.29) is 36.7 Å². The number of rotatable bonds is 5. The quantitative estimate of drug-likeness (QED) is 0.676. The van der Waals surface area contributed by atoms with Gasteiger partial charge in [-0.05, 0) is 60.9 Å². The number of halogens is 3. The molecule has 3 aromatic rings. The number of hydrogen-bond acceptors (Lipinski definition) is 4. The second-order valence-electron chi connectivity index (χ2n) is 7.67. The Morgan fingerprint density at radius 3 is 2.55 bits per heavy atom. The van der Waals surface area contributed by atoms with E-state index in [1.54, 1.807) is 17.0 Å². The smallest absolute Gasteiger partial charge is 0.224 e. The van der Waals surface area contributed by atoms with Crippen LogP contribution >= 0.6 is 0 Å². The molecule has 1 aliphatic rings. The number of fused-ring (bicyclic) bond motifs is 1. The molecule has 2 N–H and O–H groups in total. The lowest BCUT2D eigenvalue weighted by molar-refractivity contribution is -0.132. The third-order valence-corrected chi connectivity index (χ3v) is 5.35. The Bertz CT molecular complexity index is 1080. The maximum Gasteiger partial charge on any atom is 0.224 e. The van der Waals surface area contributed by atoms with Gasteiger partial charge in [-0.1, -0.05) is 0 Å². The Kier molecular flexibility index (Phi) is 6.03. The van der Waals surface area contributed by atoms with Crippen molar-refractivity contribution in [1.82, 2.24) is 19.7 Å². The number of aromatic nitrogens is 3. The molecule has 162 valence electrons. The summed E-state index contributed by atoms with van der Waals surface area (Å²) in [7, 11) is 0. The van der Waals surface area contributed by atoms with Gasteiger partial charge < -0.3 is 15.2 Å². The van der Waals surface area contributed by atoms with Gasteiger partial charge in [0.15, 0.2) is 11.6 Å². The summed E-state index contributed by atoms with van der Waals surface area (Å²) in [6, 6.07) is 8.59. The zero-order chi connectivity index (χ0) is 22.0. The van der Waals surface area contributed by atoms with E-state index in [9.17, 15) is 18.0 Å². The molecule has 1 amide bonds. The van der Waals surface area contributed by atoms with E-state index in [1.165, 1.54) is 12.1 Å². The van der Waals surface area contributed by atoms with Crippen molar-refractivity contribution in [3.05, 3.63) is 71.3 Å². The molecule has 2 heterocycles. The fraction of sp³-hybridized carbons (Fsp3) is 0.318. The Morgan fingerprint density at radius 2 is 1.77 bits per heavy atom. The normalized spacial score (nSPS) is 14.8. The maximum absolute atomic E-state index is 13.8. The number of nitrogens with two attached hydrogens (primary N) is 1. The average molecular weight is 429 g/mol. The molecule has 0 aliphatic carbocycles. The molecule has 0 radical (unpaired) electrons. The second kappa shape index (κ2) is 8.89. The van der Waals surface area contributed by atoms with Gasteiger partial charge in [0, 0.05) is 31.1 Å². The monoisotopic (exact) mass is 429 g/mol. The van der Waals surface area contributed by atoms with Crippen LogP contribution in [-0.2, 0) is 24.3 Å². The van der Waals surface area contributed by atoms with Crippen LogP contribution in [0.3, 0.4) is 0 Å². The van der Waals surface area contributed by atoms with Crippen LogP contribution in [-0.4, -0.2) is 38.2 Å². The van der Waals surface area contributed by atoms with E-state index in [0.717, 1.165) is 23.8 Å². The van der Waals surface area contributed by atoms with Crippen molar-refractivity contribution in [2.75, 3.05) is 6.54 Å². The first-order chi connectivity index (χ1) is 14.9. The fourth-order valence-electron chi connectivity index (χ4n) is 3.79. The summed E-state index contributed by atoms with van der Waals surface area (Å²) in [5.74, 6) is -0.327. The van der Waals surface area contributed by atoms with Crippen molar-refractivity contribution in [2.24, 2.45) is 5.73 Å². The maximum atomic E-state index is 13.8. The second-order valence-corrected chi connectivity index (χ2v) is 7.67. The lowest BCUT2D eigenvalue weighted by atomic mass is 10.0. The minimum atomic E-state index is -0.639. The molecule has 2 aromatic carbocycles. The predicted molar refractivity (Wildman–Crippen MR) is 108 cm³/mol. The summed E-state index contributed by atoms with van der Waals surface area (Å²) in [4.78, 5) is 14.5. The molecule has 6 nitrogen and oxygen atoms in total. The van der Waals surface area contributed by atoms with Gasteiger partial charge in [-0.3, -0.25) is 4.79 Å². The topological polar surface area (TPSA) is 77.0 Å². The first-order valence-corrected chi connectivity index (χ1v) is 10.1. The molecule has 0 spiro atoms. The number of carbonyl (C=O) groups is 1. The van der Waals surface area contributed by atoms with Gasteiger partial charge in [0.2, 0.25) is 5.91 Å². The molecular formula is C22H22F3N5O. The van der Waals surface area contributed by atoms with Crippen LogP contribution in [0.25, 0.3) is 11.4 Å². The number of benzene rings is 2. The summed E-state index contributed by atoms with van der Waals surface area (Å²) in [6.07, 6.45) is 0.766. The predicted octanol–water partition coefficient (Wildman–Crippen LogP) is 3.05. The van der Waals surface area contributed by atoms with Crippen molar-refractivity contribution in [3.63, 3.8) is 0 Å². The molecule has 1 aromatic heterocycles. The third-order valence-electron chi connectivity index (χ3n) is 5.35. The zero-order valence-electron chi connectivity index (χ0n) is 16.8. The minimum Gasteiger partial charge on any atom is -0.335 e. The van der Waals surface area contributed by atoms with Crippen molar-refractivity contribution in [1.29, 1.82) is 0 Å². The molecule has 1 atom stereocenters. The van der Waals surface area contributed by atoms with E-state index in [4.69, 9.17) is 5.73 Å². The number of amides is 1. The van der Waals surface area contributed by atoms with Crippen LogP contribution in [0.1, 0.15) is 24.2 Å². The Hall–Kier alpha value is -3.20. The third kappa shape index (κ3) is 4.77. The summed E-state index contributed by atoms with van der Waals surface area (Å²) in [5.41, 5.74) is 6.96. The minimum absolute atomic E-state index is 0.00884. The molecule has 0 saturated carbocycles. The molecule has 0 unspecified atom stereocenters. The van der Waals surface area contributed by atoms with Gasteiger partial charge in [-0.25, -0.2) is 13.2 Å². The lowest BCUT2D eigenvalue weighted by Gasteiger charge is -2.21. The molecule has 31 heavy (non-hydrogen) atoms. The van der Waals surface area contributed by atoms with Crippen LogP contribution in [0.4, 0.5) is 13.2 Å². The molecule has 4 rings (SSSR count). The molecule has 9 heteroatoms. The largest absolute Gasteiger partial charge is 0.335 e. The number of nitrogens with zero attached hydrogens (tertiary/aromatic N) is 4. The van der Waals surface area contributed by atoms with Crippen molar-refractivity contribution in [3.8, 4) is 11.4 Å². The summed E-state index contributed by atoms with van der Waals surface area (Å²) < 4.78 is 42.4. The highest BCUT2D eigenvalue weighted by molar-refractivity contribution is 5.76. The zero-order valence-corrected chi connectivity index (χ0v) is 16.8. The molecule has 0 fully saturated rings. The van der Waals surface area contributed by atoms with Crippen LogP contribution in [0.15, 0.2) is 42.5 Å². The summed E-state index contributed by atoms with van der Waals surface area (Å²) >= 11 is 0. The van der Waals surface area contributed by atoms with Gasteiger partial charge in [0.25, 0.3) is 0 Å². The van der Waals surface area contributed by atoms with Gasteiger partial charge in [0.05, 0.1) is 6.54 Å². The average Bonchev–Trinajstić information content (AvgIpc) is 3.00. The molecule has 0 bridgehead atoms. The summed E-state index contributed by atoms with van der Waals surface area (Å²) in [6.45, 7) is 1.42. The van der Waals surface area contributed by atoms with Crippen LogP contribution in [0.5, 0.6) is 0 Å². The first-order valence-electron chi connectivity index (χ1n) is 10.1. The Balaban J connectivity index is 1.43. The standard InChI is InChI=1S/C22H22F3N5O/c23-16-4-2-14(3-5-16)22-28-27-20-13-29(8-1-9-30(20)22)21(31)12-18(26)11-15-10-17(24)6-7-19(15)25/h2-7,10,18H,1,8-9,11-13,26H2/t18-/m1/s1. The van der Waals surface area contributed by atoms with Gasteiger partial charge >= 0.3 is 0 Å². The first kappa shape index (κ1) is 21.0. The highest BCUT2D eigenvalue weighted by atomic mass is 19.1. The van der Waals surface area contributed by atoms with E-state index in [0.29, 0.717) is 31.2 Å². The van der Waals surface area contributed by atoms with Crippen LogP contribution < -0.4 is 5.73 Å². The Labute approximate surface area is 177 Å². The van der Waals surface area contributed by atoms with Crippen molar-refractivity contribution < 1.29 is 18.0 Å². The number of carbonyl (C=O) groups excluding carboxylic acids is 1. The van der Waals surface area contributed by atoms with Crippen LogP contribution in [0, 0.1) is 17.5 Å². The molecular weight excluding hydrogens is 407 g/mol. The van der Waals surface area contributed by atoms with Crippen molar-refractivity contribution >= 4 is 5.91 Å². The van der Waals surface area contributed by atoms with Gasteiger partial charge in [-0.2, -0.15) is 0 Å². The molecule has 1 aliphatic heterocycles. The van der Waals surface area contributed by atoms with E-state index >= 15 is 0 Å². The summed E-state index contributed by atoms with van der Waals surface area (Å²) in [5, 5.41) is 8.44.